The van der Waals surface area contributed by atoms with Gasteiger partial charge in [0.05, 0.1) is 24.4 Å². The van der Waals surface area contributed by atoms with Gasteiger partial charge in [-0.3, -0.25) is 4.79 Å². The van der Waals surface area contributed by atoms with Crippen LogP contribution in [0, 0.1) is 19.8 Å². The topological polar surface area (TPSA) is 76.4 Å². The summed E-state index contributed by atoms with van der Waals surface area (Å²) < 4.78 is 7.29. The van der Waals surface area contributed by atoms with E-state index in [2.05, 4.69) is 30.4 Å². The molecule has 0 bridgehead atoms. The molecule has 0 amide bonds. The number of methoxy groups -OCH3 is 1. The number of nitrogens with one attached hydrogen (secondary N) is 1. The maximum atomic E-state index is 13.1. The number of aromatic hydroxyl groups is 1. The second-order valence-corrected chi connectivity index (χ2v) is 8.27. The summed E-state index contributed by atoms with van der Waals surface area (Å²) in [4.78, 5) is 13.1. The van der Waals surface area contributed by atoms with Gasteiger partial charge in [0.1, 0.15) is 11.6 Å². The molecule has 158 valence electrons. The summed E-state index contributed by atoms with van der Waals surface area (Å²) in [7, 11) is 1.53. The number of fused-ring (bicyclic) bond motifs is 2. The Morgan fingerprint density at radius 3 is 2.77 bits per heavy atom. The average Bonchev–Trinajstić information content (AvgIpc) is 3.09. The largest absolute Gasteiger partial charge is 0.504 e. The first-order valence-electron chi connectivity index (χ1n) is 10.5. The van der Waals surface area contributed by atoms with Crippen molar-refractivity contribution >= 4 is 11.6 Å². The Morgan fingerprint density at radius 1 is 1.16 bits per heavy atom. The number of hydrogen-bond donors (Lipinski definition) is 2. The lowest BCUT2D eigenvalue weighted by atomic mass is 9.71. The highest BCUT2D eigenvalue weighted by Gasteiger charge is 2.43. The molecule has 0 fully saturated rings. The maximum absolute atomic E-state index is 13.1. The van der Waals surface area contributed by atoms with Gasteiger partial charge in [-0.1, -0.05) is 24.3 Å². The van der Waals surface area contributed by atoms with Gasteiger partial charge in [0, 0.05) is 23.6 Å². The highest BCUT2D eigenvalue weighted by atomic mass is 16.5. The zero-order valence-electron chi connectivity index (χ0n) is 17.8. The van der Waals surface area contributed by atoms with Crippen LogP contribution in [0.4, 0.5) is 5.82 Å². The molecule has 6 nitrogen and oxygen atoms in total. The monoisotopic (exact) mass is 415 g/mol. The summed E-state index contributed by atoms with van der Waals surface area (Å²) in [5.41, 5.74) is 5.86. The lowest BCUT2D eigenvalue weighted by Gasteiger charge is -2.37. The number of ketones is 1. The van der Waals surface area contributed by atoms with Gasteiger partial charge >= 0.3 is 0 Å². The summed E-state index contributed by atoms with van der Waals surface area (Å²) in [5, 5.41) is 18.5. The Kier molecular flexibility index (Phi) is 4.58. The normalized spacial score (nSPS) is 19.8. The van der Waals surface area contributed by atoms with Gasteiger partial charge in [-0.2, -0.15) is 5.10 Å². The number of aromatic nitrogens is 2. The third-order valence-electron chi connectivity index (χ3n) is 6.26. The van der Waals surface area contributed by atoms with Crippen LogP contribution in [0.15, 0.2) is 54.2 Å². The summed E-state index contributed by atoms with van der Waals surface area (Å²) in [5.74, 6) is 1.08. The van der Waals surface area contributed by atoms with Crippen molar-refractivity contribution in [1.82, 2.24) is 9.78 Å². The number of benzene rings is 2. The van der Waals surface area contributed by atoms with Gasteiger partial charge in [0.2, 0.25) is 0 Å². The number of aryl methyl sites for hydroxylation is 2. The van der Waals surface area contributed by atoms with Crippen LogP contribution in [0.5, 0.6) is 11.5 Å². The molecule has 2 N–H and O–H groups in total. The Morgan fingerprint density at radius 2 is 2.00 bits per heavy atom. The fourth-order valence-electron chi connectivity index (χ4n) is 4.85. The van der Waals surface area contributed by atoms with Crippen molar-refractivity contribution in [2.45, 2.75) is 32.6 Å². The molecule has 0 saturated heterocycles. The molecular formula is C25H25N3O3. The lowest BCUT2D eigenvalue weighted by Crippen LogP contribution is -2.35. The zero-order chi connectivity index (χ0) is 21.7. The number of anilines is 1. The predicted molar refractivity (Wildman–Crippen MR) is 119 cm³/mol. The van der Waals surface area contributed by atoms with Crippen molar-refractivity contribution in [2.24, 2.45) is 5.92 Å². The van der Waals surface area contributed by atoms with Crippen LogP contribution in [0.2, 0.25) is 0 Å². The highest BCUT2D eigenvalue weighted by Crippen LogP contribution is 2.49. The standard InChI is InChI=1S/C25H25N3O3/c1-14-6-4-7-17(12-14)28-25-22(15(2)27-28)23(16-10-11-19(29)21(13-16)31-3)24-18(26-25)8-5-9-20(24)30/h4,6-8,10-13,23-24,26,29H,5,9H2,1-3H3/t23-,24+/m0/s1. The van der Waals surface area contributed by atoms with E-state index in [9.17, 15) is 9.90 Å². The second-order valence-electron chi connectivity index (χ2n) is 8.27. The molecule has 0 unspecified atom stereocenters. The fraction of sp³-hybridized carbons (Fsp3) is 0.280. The minimum atomic E-state index is -0.302. The van der Waals surface area contributed by atoms with Gasteiger partial charge in [-0.25, -0.2) is 4.68 Å². The minimum Gasteiger partial charge on any atom is -0.504 e. The number of carbonyl (C=O) groups is 1. The van der Waals surface area contributed by atoms with Crippen molar-refractivity contribution in [1.29, 1.82) is 0 Å². The zero-order valence-corrected chi connectivity index (χ0v) is 17.8. The molecule has 0 spiro atoms. The number of phenols is 1. The van der Waals surface area contributed by atoms with E-state index in [-0.39, 0.29) is 23.4 Å². The third-order valence-corrected chi connectivity index (χ3v) is 6.26. The van der Waals surface area contributed by atoms with Crippen molar-refractivity contribution < 1.29 is 14.6 Å². The van der Waals surface area contributed by atoms with Crippen LogP contribution in [0.3, 0.4) is 0 Å². The number of ether oxygens (including phenoxy) is 1. The van der Waals surface area contributed by atoms with Gasteiger partial charge in [-0.15, -0.1) is 0 Å². The van der Waals surface area contributed by atoms with Gasteiger partial charge in [0.25, 0.3) is 0 Å². The smallest absolute Gasteiger partial charge is 0.160 e. The van der Waals surface area contributed by atoms with Crippen molar-refractivity contribution in [3.05, 3.63) is 76.6 Å². The Balaban J connectivity index is 1.75. The molecule has 3 aromatic rings. The Hall–Kier alpha value is -3.54. The molecule has 1 aliphatic heterocycles. The molecule has 0 radical (unpaired) electrons. The van der Waals surface area contributed by atoms with Crippen molar-refractivity contribution in [2.75, 3.05) is 12.4 Å². The fourth-order valence-corrected chi connectivity index (χ4v) is 4.85. The second kappa shape index (κ2) is 7.30. The third kappa shape index (κ3) is 3.10. The summed E-state index contributed by atoms with van der Waals surface area (Å²) in [6.07, 6.45) is 3.39. The predicted octanol–water partition coefficient (Wildman–Crippen LogP) is 4.62. The number of nitrogens with zero attached hydrogens (tertiary/aromatic N) is 2. The molecule has 6 heteroatoms. The van der Waals surface area contributed by atoms with E-state index in [1.165, 1.54) is 7.11 Å². The Bertz CT molecular complexity index is 1220. The highest BCUT2D eigenvalue weighted by molar-refractivity contribution is 5.89. The summed E-state index contributed by atoms with van der Waals surface area (Å²) in [6, 6.07) is 13.5. The van der Waals surface area contributed by atoms with Crippen LogP contribution in [0.1, 0.15) is 41.1 Å². The quantitative estimate of drug-likeness (QED) is 0.653. The molecule has 2 aromatic carbocycles. The van der Waals surface area contributed by atoms with Crippen molar-refractivity contribution in [3.8, 4) is 17.2 Å². The number of rotatable bonds is 3. The van der Waals surface area contributed by atoms with Crippen LogP contribution < -0.4 is 10.1 Å². The summed E-state index contributed by atoms with van der Waals surface area (Å²) in [6.45, 7) is 4.04. The molecule has 2 aliphatic rings. The van der Waals surface area contributed by atoms with Crippen LogP contribution in [-0.2, 0) is 4.79 Å². The molecule has 2 atom stereocenters. The van der Waals surface area contributed by atoms with Crippen LogP contribution in [-0.4, -0.2) is 27.8 Å². The van der Waals surface area contributed by atoms with E-state index in [1.54, 1.807) is 6.07 Å². The van der Waals surface area contributed by atoms with Gasteiger partial charge < -0.3 is 15.2 Å². The van der Waals surface area contributed by atoms with Crippen LogP contribution >= 0.6 is 0 Å². The Labute approximate surface area is 181 Å². The first kappa shape index (κ1) is 19.4. The van der Waals surface area contributed by atoms with Crippen LogP contribution in [0.25, 0.3) is 5.69 Å². The van der Waals surface area contributed by atoms with E-state index in [4.69, 9.17) is 9.84 Å². The molecule has 1 aromatic heterocycles. The van der Waals surface area contributed by atoms with E-state index in [1.807, 2.05) is 35.9 Å². The molecule has 5 rings (SSSR count). The molecule has 1 aliphatic carbocycles. The van der Waals surface area contributed by atoms with Gasteiger partial charge in [0.15, 0.2) is 11.5 Å². The number of hydrogen-bond acceptors (Lipinski definition) is 5. The molecule has 2 heterocycles. The number of Topliss-reactive ketones (excluding diaryl/α,β-unsaturated/α-hetero) is 1. The SMILES string of the molecule is COc1cc([C@H]2c3c(C)nn(-c4cccc(C)c4)c3NC3=CCCC(=O)[C@@H]32)ccc1O. The average molecular weight is 415 g/mol. The molecule has 0 saturated carbocycles. The van der Waals surface area contributed by atoms with Gasteiger partial charge in [-0.05, 0) is 55.7 Å². The van der Waals surface area contributed by atoms with E-state index >= 15 is 0 Å². The molecular weight excluding hydrogens is 390 g/mol. The minimum absolute atomic E-state index is 0.0818. The number of allylic oxidation sites excluding steroid dienone is 2. The van der Waals surface area contributed by atoms with Crippen molar-refractivity contribution in [3.63, 3.8) is 0 Å². The number of carbonyl (C=O) groups excluding carboxylic acids is 1. The first-order valence-corrected chi connectivity index (χ1v) is 10.5. The maximum Gasteiger partial charge on any atom is 0.160 e. The number of phenolic OH excluding ortho intramolecular Hbond substituents is 1. The lowest BCUT2D eigenvalue weighted by molar-refractivity contribution is -0.122. The van der Waals surface area contributed by atoms with E-state index in [0.717, 1.165) is 46.0 Å². The van der Waals surface area contributed by atoms with E-state index in [0.29, 0.717) is 12.2 Å². The summed E-state index contributed by atoms with van der Waals surface area (Å²) >= 11 is 0. The van der Waals surface area contributed by atoms with E-state index < -0.39 is 0 Å². The first-order chi connectivity index (χ1) is 15.0. The molecule has 31 heavy (non-hydrogen) atoms.